The monoisotopic (exact) mass is 334 g/mol. The van der Waals surface area contributed by atoms with E-state index in [1.807, 2.05) is 0 Å². The molecule has 3 nitrogen and oxygen atoms in total. The molecule has 0 amide bonds. The molecule has 0 heterocycles. The molecule has 8 atom stereocenters. The van der Waals surface area contributed by atoms with Gasteiger partial charge in [-0.15, -0.1) is 0 Å². The van der Waals surface area contributed by atoms with Crippen molar-refractivity contribution < 1.29 is 14.6 Å². The number of aliphatic hydroxyl groups excluding tert-OH is 1. The molecule has 0 radical (unpaired) electrons. The van der Waals surface area contributed by atoms with Crippen molar-refractivity contribution in [2.24, 2.45) is 40.4 Å². The first-order valence-electron chi connectivity index (χ1n) is 10.2. The highest BCUT2D eigenvalue weighted by Crippen LogP contribution is 2.67. The minimum Gasteiger partial charge on any atom is -0.469 e. The fraction of sp³-hybridized carbons (Fsp3) is 0.952. The first-order valence-corrected chi connectivity index (χ1v) is 10.2. The molecule has 4 saturated carbocycles. The van der Waals surface area contributed by atoms with E-state index in [2.05, 4.69) is 13.8 Å². The number of hydrogen-bond acceptors (Lipinski definition) is 3. The van der Waals surface area contributed by atoms with E-state index in [4.69, 9.17) is 4.74 Å². The molecule has 4 rings (SSSR count). The van der Waals surface area contributed by atoms with Crippen molar-refractivity contribution in [2.75, 3.05) is 7.11 Å². The van der Waals surface area contributed by atoms with Gasteiger partial charge in [0.15, 0.2) is 0 Å². The summed E-state index contributed by atoms with van der Waals surface area (Å²) in [5.74, 6) is 3.15. The number of ether oxygens (including phenoxy) is 1. The number of esters is 1. The maximum Gasteiger partial charge on any atom is 0.309 e. The van der Waals surface area contributed by atoms with Crippen LogP contribution in [0.4, 0.5) is 0 Å². The Morgan fingerprint density at radius 1 is 0.958 bits per heavy atom. The zero-order chi connectivity index (χ0) is 17.1. The van der Waals surface area contributed by atoms with Crippen LogP contribution in [0.2, 0.25) is 0 Å². The highest BCUT2D eigenvalue weighted by atomic mass is 16.5. The first-order chi connectivity index (χ1) is 11.4. The van der Waals surface area contributed by atoms with Crippen molar-refractivity contribution in [3.05, 3.63) is 0 Å². The quantitative estimate of drug-likeness (QED) is 0.732. The molecule has 4 aliphatic carbocycles. The highest BCUT2D eigenvalue weighted by Gasteiger charge is 2.61. The van der Waals surface area contributed by atoms with Crippen LogP contribution in [0.15, 0.2) is 0 Å². The lowest BCUT2D eigenvalue weighted by Crippen LogP contribution is -2.54. The van der Waals surface area contributed by atoms with Gasteiger partial charge in [-0.2, -0.15) is 0 Å². The number of hydrogen-bond donors (Lipinski definition) is 1. The second-order valence-electron chi connectivity index (χ2n) is 9.78. The van der Waals surface area contributed by atoms with Gasteiger partial charge >= 0.3 is 5.97 Å². The molecule has 0 aromatic carbocycles. The Hall–Kier alpha value is -0.570. The number of carbonyl (C=O) groups excluding carboxylic acids is 1. The first kappa shape index (κ1) is 16.9. The largest absolute Gasteiger partial charge is 0.469 e. The van der Waals surface area contributed by atoms with Crippen LogP contribution >= 0.6 is 0 Å². The third-order valence-corrected chi connectivity index (χ3v) is 9.12. The van der Waals surface area contributed by atoms with Crippen molar-refractivity contribution in [3.8, 4) is 0 Å². The summed E-state index contributed by atoms with van der Waals surface area (Å²) < 4.78 is 5.14. The third-order valence-electron chi connectivity index (χ3n) is 9.12. The zero-order valence-corrected chi connectivity index (χ0v) is 15.6. The predicted octanol–water partition coefficient (Wildman–Crippen LogP) is 4.18. The molecule has 4 fully saturated rings. The average Bonchev–Trinajstić information content (AvgIpc) is 2.92. The van der Waals surface area contributed by atoms with Crippen molar-refractivity contribution in [1.82, 2.24) is 0 Å². The van der Waals surface area contributed by atoms with Crippen LogP contribution in [-0.2, 0) is 9.53 Å². The van der Waals surface area contributed by atoms with Gasteiger partial charge in [0.25, 0.3) is 0 Å². The van der Waals surface area contributed by atoms with Crippen LogP contribution in [0.3, 0.4) is 0 Å². The molecule has 24 heavy (non-hydrogen) atoms. The number of aliphatic hydroxyl groups is 1. The molecule has 0 aromatic rings. The SMILES string of the molecule is COC(=O)[C@H]1CC[C@H]2[C@@H]3CC[C@H]4C[C@H](O)CC[C@]4(C)[C@H]3CC[C@]12C. The standard InChI is InChI=1S/C21H34O3/c1-20-10-8-14(22)12-13(20)4-5-15-16-6-7-18(19(23)24-3)21(16,2)11-9-17(15)20/h13-18,22H,4-12H2,1-3H3/t13-,14+,15-,16-,17-,18+,20-,21-/m0/s1. The average molecular weight is 335 g/mol. The van der Waals surface area contributed by atoms with E-state index in [-0.39, 0.29) is 23.4 Å². The van der Waals surface area contributed by atoms with Gasteiger partial charge in [-0.05, 0) is 92.3 Å². The topological polar surface area (TPSA) is 46.5 Å². The van der Waals surface area contributed by atoms with E-state index in [9.17, 15) is 9.90 Å². The molecule has 136 valence electrons. The van der Waals surface area contributed by atoms with Crippen LogP contribution in [0, 0.1) is 40.4 Å². The fourth-order valence-corrected chi connectivity index (χ4v) is 7.76. The molecule has 0 bridgehead atoms. The highest BCUT2D eigenvalue weighted by molar-refractivity contribution is 5.73. The second kappa shape index (κ2) is 5.72. The van der Waals surface area contributed by atoms with E-state index >= 15 is 0 Å². The summed E-state index contributed by atoms with van der Waals surface area (Å²) in [6.07, 6.45) is 10.4. The van der Waals surface area contributed by atoms with Gasteiger partial charge < -0.3 is 9.84 Å². The molecule has 0 aromatic heterocycles. The van der Waals surface area contributed by atoms with Crippen LogP contribution in [0.5, 0.6) is 0 Å². The summed E-state index contributed by atoms with van der Waals surface area (Å²) >= 11 is 0. The van der Waals surface area contributed by atoms with Gasteiger partial charge in [-0.1, -0.05) is 13.8 Å². The summed E-state index contributed by atoms with van der Waals surface area (Å²) in [6, 6.07) is 0. The van der Waals surface area contributed by atoms with Crippen molar-refractivity contribution in [1.29, 1.82) is 0 Å². The summed E-state index contributed by atoms with van der Waals surface area (Å²) in [4.78, 5) is 12.3. The van der Waals surface area contributed by atoms with Crippen molar-refractivity contribution in [2.45, 2.75) is 77.7 Å². The van der Waals surface area contributed by atoms with Crippen LogP contribution in [0.1, 0.15) is 71.6 Å². The van der Waals surface area contributed by atoms with Gasteiger partial charge in [-0.25, -0.2) is 0 Å². The van der Waals surface area contributed by atoms with E-state index < -0.39 is 0 Å². The predicted molar refractivity (Wildman–Crippen MR) is 93.2 cm³/mol. The zero-order valence-electron chi connectivity index (χ0n) is 15.6. The van der Waals surface area contributed by atoms with E-state index in [0.29, 0.717) is 17.3 Å². The molecule has 0 spiro atoms. The Morgan fingerprint density at radius 2 is 1.67 bits per heavy atom. The summed E-state index contributed by atoms with van der Waals surface area (Å²) in [5, 5.41) is 10.1. The number of fused-ring (bicyclic) bond motifs is 5. The molecule has 1 N–H and O–H groups in total. The normalized spacial score (nSPS) is 53.7. The summed E-state index contributed by atoms with van der Waals surface area (Å²) in [5.41, 5.74) is 0.582. The summed E-state index contributed by atoms with van der Waals surface area (Å²) in [7, 11) is 1.55. The van der Waals surface area contributed by atoms with Crippen molar-refractivity contribution >= 4 is 5.97 Å². The van der Waals surface area contributed by atoms with Crippen LogP contribution in [0.25, 0.3) is 0 Å². The van der Waals surface area contributed by atoms with E-state index in [1.165, 1.54) is 38.5 Å². The Labute approximate surface area is 146 Å². The molecule has 0 aliphatic heterocycles. The smallest absolute Gasteiger partial charge is 0.309 e. The Morgan fingerprint density at radius 3 is 2.42 bits per heavy atom. The number of methoxy groups -OCH3 is 1. The lowest BCUT2D eigenvalue weighted by Gasteiger charge is -2.60. The van der Waals surface area contributed by atoms with Gasteiger partial charge in [0.1, 0.15) is 0 Å². The lowest BCUT2D eigenvalue weighted by molar-refractivity contribution is -0.157. The Kier molecular flexibility index (Phi) is 4.02. The minimum absolute atomic E-state index is 0.0270. The van der Waals surface area contributed by atoms with Gasteiger partial charge in [0.2, 0.25) is 0 Å². The lowest BCUT2D eigenvalue weighted by atomic mass is 9.44. The summed E-state index contributed by atoms with van der Waals surface area (Å²) in [6.45, 7) is 4.90. The fourth-order valence-electron chi connectivity index (χ4n) is 7.76. The molecular weight excluding hydrogens is 300 g/mol. The maximum absolute atomic E-state index is 12.3. The van der Waals surface area contributed by atoms with E-state index in [1.54, 1.807) is 7.11 Å². The number of carbonyl (C=O) groups is 1. The minimum atomic E-state index is -0.0660. The molecule has 3 heteroatoms. The van der Waals surface area contributed by atoms with E-state index in [0.717, 1.165) is 31.1 Å². The van der Waals surface area contributed by atoms with Crippen LogP contribution in [-0.4, -0.2) is 24.3 Å². The van der Waals surface area contributed by atoms with Gasteiger partial charge in [-0.3, -0.25) is 4.79 Å². The Bertz CT molecular complexity index is 517. The maximum atomic E-state index is 12.3. The Balaban J connectivity index is 1.60. The van der Waals surface area contributed by atoms with Gasteiger partial charge in [0.05, 0.1) is 19.1 Å². The second-order valence-corrected chi connectivity index (χ2v) is 9.78. The third kappa shape index (κ3) is 2.22. The molecule has 0 saturated heterocycles. The molecule has 0 unspecified atom stereocenters. The van der Waals surface area contributed by atoms with Crippen LogP contribution < -0.4 is 0 Å². The van der Waals surface area contributed by atoms with Crippen molar-refractivity contribution in [3.63, 3.8) is 0 Å². The molecule has 4 aliphatic rings. The molecular formula is C21H34O3. The van der Waals surface area contributed by atoms with Gasteiger partial charge in [0, 0.05) is 0 Å². The number of rotatable bonds is 1.